The number of primary sulfonamides is 1. The molecule has 4 N–H and O–H groups in total. The molecule has 1 atom stereocenters. The van der Waals surface area contributed by atoms with Crippen LogP contribution in [0.4, 0.5) is 0 Å². The molecule has 1 amide bonds. The third kappa shape index (κ3) is 4.94. The average molecular weight is 258 g/mol. The van der Waals surface area contributed by atoms with E-state index < -0.39 is 22.0 Å². The molecular formula is C10H14N2O4S. The molecule has 0 heterocycles. The first-order chi connectivity index (χ1) is 7.90. The summed E-state index contributed by atoms with van der Waals surface area (Å²) in [6.45, 7) is -0.123. The minimum absolute atomic E-state index is 0.123. The number of hydrogen-bond donors (Lipinski definition) is 3. The zero-order chi connectivity index (χ0) is 12.9. The highest BCUT2D eigenvalue weighted by molar-refractivity contribution is 7.89. The molecule has 0 saturated carbocycles. The van der Waals surface area contributed by atoms with Crippen LogP contribution in [0.15, 0.2) is 30.3 Å². The Balaban J connectivity index is 2.49. The van der Waals surface area contributed by atoms with Crippen molar-refractivity contribution < 1.29 is 18.3 Å². The first kappa shape index (κ1) is 13.6. The quantitative estimate of drug-likeness (QED) is 0.637. The zero-order valence-electron chi connectivity index (χ0n) is 9.04. The molecule has 1 unspecified atom stereocenters. The van der Waals surface area contributed by atoms with Crippen LogP contribution in [0.25, 0.3) is 0 Å². The molecule has 0 aromatic heterocycles. The predicted molar refractivity (Wildman–Crippen MR) is 62.4 cm³/mol. The normalized spacial score (nSPS) is 13.1. The SMILES string of the molecule is NS(=O)(=O)CCNC(=O)C(O)c1ccccc1. The Hall–Kier alpha value is -1.44. The zero-order valence-corrected chi connectivity index (χ0v) is 9.85. The van der Waals surface area contributed by atoms with E-state index in [-0.39, 0.29) is 12.3 Å². The maximum Gasteiger partial charge on any atom is 0.253 e. The summed E-state index contributed by atoms with van der Waals surface area (Å²) >= 11 is 0. The molecule has 0 aliphatic carbocycles. The molecule has 0 bridgehead atoms. The summed E-state index contributed by atoms with van der Waals surface area (Å²) in [6.07, 6.45) is -1.31. The lowest BCUT2D eigenvalue weighted by Crippen LogP contribution is -2.34. The molecule has 1 rings (SSSR count). The fourth-order valence-electron chi connectivity index (χ4n) is 1.20. The van der Waals surface area contributed by atoms with Gasteiger partial charge in [-0.1, -0.05) is 30.3 Å². The second-order valence-electron chi connectivity index (χ2n) is 3.47. The third-order valence-corrected chi connectivity index (χ3v) is 2.82. The summed E-state index contributed by atoms with van der Waals surface area (Å²) in [6, 6.07) is 8.34. The van der Waals surface area contributed by atoms with Gasteiger partial charge in [-0.05, 0) is 5.56 Å². The van der Waals surface area contributed by atoms with Gasteiger partial charge >= 0.3 is 0 Å². The van der Waals surface area contributed by atoms with Crippen molar-refractivity contribution >= 4 is 15.9 Å². The molecule has 7 heteroatoms. The molecule has 0 fully saturated rings. The van der Waals surface area contributed by atoms with Crippen LogP contribution < -0.4 is 10.5 Å². The van der Waals surface area contributed by atoms with E-state index in [0.29, 0.717) is 5.56 Å². The van der Waals surface area contributed by atoms with Crippen molar-refractivity contribution in [1.29, 1.82) is 0 Å². The fourth-order valence-corrected chi connectivity index (χ4v) is 1.59. The van der Waals surface area contributed by atoms with E-state index in [1.165, 1.54) is 0 Å². The lowest BCUT2D eigenvalue weighted by atomic mass is 10.1. The Labute approximate surface area is 99.5 Å². The molecule has 0 saturated heterocycles. The number of amides is 1. The van der Waals surface area contributed by atoms with Crippen molar-refractivity contribution in [3.63, 3.8) is 0 Å². The predicted octanol–water partition coefficient (Wildman–Crippen LogP) is -0.875. The average Bonchev–Trinajstić information content (AvgIpc) is 2.27. The standard InChI is InChI=1S/C10H14N2O4S/c11-17(15,16)7-6-12-10(14)9(13)8-4-2-1-3-5-8/h1-5,9,13H,6-7H2,(H,12,14)(H2,11,15,16). The lowest BCUT2D eigenvalue weighted by molar-refractivity contribution is -0.129. The van der Waals surface area contributed by atoms with E-state index in [1.54, 1.807) is 30.3 Å². The van der Waals surface area contributed by atoms with E-state index in [0.717, 1.165) is 0 Å². The van der Waals surface area contributed by atoms with Gasteiger partial charge in [-0.2, -0.15) is 0 Å². The third-order valence-electron chi connectivity index (χ3n) is 2.05. The molecule has 1 aromatic carbocycles. The molecule has 0 aliphatic heterocycles. The van der Waals surface area contributed by atoms with Crippen LogP contribution in [-0.2, 0) is 14.8 Å². The number of sulfonamides is 1. The van der Waals surface area contributed by atoms with Gasteiger partial charge in [0.25, 0.3) is 5.91 Å². The summed E-state index contributed by atoms with van der Waals surface area (Å²) in [5.74, 6) is -1.01. The maximum atomic E-state index is 11.4. The van der Waals surface area contributed by atoms with E-state index in [1.807, 2.05) is 0 Å². The van der Waals surface area contributed by atoms with Gasteiger partial charge in [-0.15, -0.1) is 0 Å². The van der Waals surface area contributed by atoms with Crippen LogP contribution in [0.1, 0.15) is 11.7 Å². The molecule has 94 valence electrons. The molecular weight excluding hydrogens is 244 g/mol. The van der Waals surface area contributed by atoms with Crippen LogP contribution in [0.3, 0.4) is 0 Å². The van der Waals surface area contributed by atoms with Gasteiger partial charge in [0.15, 0.2) is 6.10 Å². The Bertz CT molecular complexity index is 472. The number of benzene rings is 1. The first-order valence-electron chi connectivity index (χ1n) is 4.91. The van der Waals surface area contributed by atoms with Crippen molar-refractivity contribution in [2.75, 3.05) is 12.3 Å². The number of nitrogens with one attached hydrogen (secondary N) is 1. The van der Waals surface area contributed by atoms with Gasteiger partial charge in [-0.3, -0.25) is 4.79 Å². The fraction of sp³-hybridized carbons (Fsp3) is 0.300. The van der Waals surface area contributed by atoms with Gasteiger partial charge in [0.2, 0.25) is 10.0 Å². The number of nitrogens with two attached hydrogens (primary N) is 1. The van der Waals surface area contributed by atoms with Crippen LogP contribution in [0, 0.1) is 0 Å². The van der Waals surface area contributed by atoms with E-state index in [9.17, 15) is 18.3 Å². The van der Waals surface area contributed by atoms with Crippen molar-refractivity contribution in [2.24, 2.45) is 5.14 Å². The number of hydrogen-bond acceptors (Lipinski definition) is 4. The highest BCUT2D eigenvalue weighted by Crippen LogP contribution is 2.11. The minimum atomic E-state index is -3.61. The van der Waals surface area contributed by atoms with Crippen molar-refractivity contribution in [3.8, 4) is 0 Å². The van der Waals surface area contributed by atoms with Crippen molar-refractivity contribution in [1.82, 2.24) is 5.32 Å². The second-order valence-corrected chi connectivity index (χ2v) is 5.21. The van der Waals surface area contributed by atoms with E-state index in [4.69, 9.17) is 5.14 Å². The molecule has 17 heavy (non-hydrogen) atoms. The van der Waals surface area contributed by atoms with Crippen molar-refractivity contribution in [2.45, 2.75) is 6.10 Å². The summed E-state index contributed by atoms with van der Waals surface area (Å²) in [7, 11) is -3.61. The number of carbonyl (C=O) groups excluding carboxylic acids is 1. The molecule has 1 aromatic rings. The second kappa shape index (κ2) is 5.76. The molecule has 0 spiro atoms. The Morgan fingerprint density at radius 1 is 1.35 bits per heavy atom. The summed E-state index contributed by atoms with van der Waals surface area (Å²) in [5, 5.41) is 16.7. The summed E-state index contributed by atoms with van der Waals surface area (Å²) in [4.78, 5) is 11.4. The maximum absolute atomic E-state index is 11.4. The van der Waals surface area contributed by atoms with Crippen LogP contribution in [0.2, 0.25) is 0 Å². The number of aliphatic hydroxyl groups is 1. The monoisotopic (exact) mass is 258 g/mol. The van der Waals surface area contributed by atoms with Gasteiger partial charge in [-0.25, -0.2) is 13.6 Å². The van der Waals surface area contributed by atoms with Gasteiger partial charge < -0.3 is 10.4 Å². The van der Waals surface area contributed by atoms with Crippen LogP contribution in [-0.4, -0.2) is 31.7 Å². The largest absolute Gasteiger partial charge is 0.378 e. The Kier molecular flexibility index (Phi) is 4.62. The van der Waals surface area contributed by atoms with E-state index >= 15 is 0 Å². The van der Waals surface area contributed by atoms with Gasteiger partial charge in [0, 0.05) is 6.54 Å². The van der Waals surface area contributed by atoms with Crippen LogP contribution in [0.5, 0.6) is 0 Å². The highest BCUT2D eigenvalue weighted by atomic mass is 32.2. The number of aliphatic hydroxyl groups excluding tert-OH is 1. The number of carbonyl (C=O) groups is 1. The smallest absolute Gasteiger partial charge is 0.253 e. The van der Waals surface area contributed by atoms with E-state index in [2.05, 4.69) is 5.32 Å². The molecule has 6 nitrogen and oxygen atoms in total. The van der Waals surface area contributed by atoms with Gasteiger partial charge in [0.05, 0.1) is 5.75 Å². The molecule has 0 aliphatic rings. The highest BCUT2D eigenvalue weighted by Gasteiger charge is 2.16. The van der Waals surface area contributed by atoms with Gasteiger partial charge in [0.1, 0.15) is 0 Å². The summed E-state index contributed by atoms with van der Waals surface area (Å²) in [5.41, 5.74) is 0.445. The number of rotatable bonds is 5. The molecule has 0 radical (unpaired) electrons. The lowest BCUT2D eigenvalue weighted by Gasteiger charge is -2.10. The Morgan fingerprint density at radius 2 is 1.94 bits per heavy atom. The summed E-state index contributed by atoms with van der Waals surface area (Å²) < 4.78 is 21.2. The van der Waals surface area contributed by atoms with Crippen molar-refractivity contribution in [3.05, 3.63) is 35.9 Å². The minimum Gasteiger partial charge on any atom is -0.378 e. The Morgan fingerprint density at radius 3 is 2.47 bits per heavy atom. The topological polar surface area (TPSA) is 109 Å². The van der Waals surface area contributed by atoms with Crippen LogP contribution >= 0.6 is 0 Å². The first-order valence-corrected chi connectivity index (χ1v) is 6.63.